The Morgan fingerprint density at radius 2 is 1.65 bits per heavy atom. The SMILES string of the molecule is Cl.O=C(OCCCC[C@H](NC(=O)[C@@H]1CCCCN1)C(=O)OCc1ccccc1)c1ccccc1. The highest BCUT2D eigenvalue weighted by molar-refractivity contribution is 5.89. The first-order valence-corrected chi connectivity index (χ1v) is 11.6. The summed E-state index contributed by atoms with van der Waals surface area (Å²) >= 11 is 0. The van der Waals surface area contributed by atoms with E-state index in [1.165, 1.54) is 0 Å². The second kappa shape index (κ2) is 15.1. The Labute approximate surface area is 207 Å². The number of benzene rings is 2. The summed E-state index contributed by atoms with van der Waals surface area (Å²) in [7, 11) is 0. The van der Waals surface area contributed by atoms with E-state index in [0.29, 0.717) is 24.8 Å². The summed E-state index contributed by atoms with van der Waals surface area (Å²) in [5.41, 5.74) is 1.39. The van der Waals surface area contributed by atoms with Crippen LogP contribution in [0.25, 0.3) is 0 Å². The van der Waals surface area contributed by atoms with Gasteiger partial charge >= 0.3 is 11.9 Å². The van der Waals surface area contributed by atoms with Crippen LogP contribution in [-0.2, 0) is 25.7 Å². The zero-order chi connectivity index (χ0) is 23.3. The molecule has 0 saturated carbocycles. The first-order chi connectivity index (χ1) is 16.1. The largest absolute Gasteiger partial charge is 0.462 e. The van der Waals surface area contributed by atoms with Crippen LogP contribution in [0.2, 0.25) is 0 Å². The number of carbonyl (C=O) groups excluding carboxylic acids is 3. The van der Waals surface area contributed by atoms with Gasteiger partial charge in [0.1, 0.15) is 12.6 Å². The minimum atomic E-state index is -0.741. The molecule has 1 heterocycles. The molecule has 0 radical (unpaired) electrons. The third-order valence-electron chi connectivity index (χ3n) is 5.58. The van der Waals surface area contributed by atoms with E-state index in [9.17, 15) is 14.4 Å². The number of rotatable bonds is 11. The highest BCUT2D eigenvalue weighted by Gasteiger charge is 2.27. The van der Waals surface area contributed by atoms with E-state index in [1.807, 2.05) is 36.4 Å². The van der Waals surface area contributed by atoms with E-state index in [-0.39, 0.29) is 43.5 Å². The summed E-state index contributed by atoms with van der Waals surface area (Å²) in [5, 5.41) is 6.07. The Balaban J connectivity index is 0.00000408. The summed E-state index contributed by atoms with van der Waals surface area (Å²) in [4.78, 5) is 37.5. The maximum atomic E-state index is 12.7. The van der Waals surface area contributed by atoms with Crippen molar-refractivity contribution in [2.45, 2.75) is 57.2 Å². The molecule has 8 heteroatoms. The molecule has 2 atom stereocenters. The van der Waals surface area contributed by atoms with Gasteiger partial charge < -0.3 is 20.1 Å². The van der Waals surface area contributed by atoms with Crippen LogP contribution in [0.1, 0.15) is 54.4 Å². The molecule has 0 aromatic heterocycles. The Hall–Kier alpha value is -2.90. The first-order valence-electron chi connectivity index (χ1n) is 11.6. The lowest BCUT2D eigenvalue weighted by Crippen LogP contribution is -2.51. The van der Waals surface area contributed by atoms with Crippen molar-refractivity contribution in [2.24, 2.45) is 0 Å². The summed E-state index contributed by atoms with van der Waals surface area (Å²) in [5.74, 6) is -0.998. The van der Waals surface area contributed by atoms with Crippen molar-refractivity contribution >= 4 is 30.3 Å². The highest BCUT2D eigenvalue weighted by Crippen LogP contribution is 2.11. The van der Waals surface area contributed by atoms with E-state index in [1.54, 1.807) is 24.3 Å². The van der Waals surface area contributed by atoms with Crippen molar-refractivity contribution < 1.29 is 23.9 Å². The number of amides is 1. The van der Waals surface area contributed by atoms with Crippen LogP contribution in [-0.4, -0.2) is 43.1 Å². The number of unbranched alkanes of at least 4 members (excludes halogenated alkanes) is 1. The number of carbonyl (C=O) groups is 3. The Kier molecular flexibility index (Phi) is 12.1. The molecule has 3 rings (SSSR count). The number of hydrogen-bond acceptors (Lipinski definition) is 6. The standard InChI is InChI=1S/C26H32N2O5.ClH/c29-24(22-15-7-9-17-27-22)28-23(26(31)33-19-20-11-3-1-4-12-20)16-8-10-18-32-25(30)21-13-5-2-6-14-21;/h1-6,11-14,22-23,27H,7-10,15-19H2,(H,28,29);1H/t22-,23-;/m0./s1. The second-order valence-corrected chi connectivity index (χ2v) is 8.15. The molecule has 2 aromatic rings. The average Bonchev–Trinajstić information content (AvgIpc) is 2.87. The normalized spacial score (nSPS) is 15.9. The minimum absolute atomic E-state index is 0. The van der Waals surface area contributed by atoms with Crippen LogP contribution in [0.5, 0.6) is 0 Å². The number of hydrogen-bond donors (Lipinski definition) is 2. The summed E-state index contributed by atoms with van der Waals surface area (Å²) in [6.45, 7) is 1.20. The lowest BCUT2D eigenvalue weighted by atomic mass is 10.0. The molecular formula is C26H33ClN2O5. The molecule has 7 nitrogen and oxygen atoms in total. The molecule has 184 valence electrons. The van der Waals surface area contributed by atoms with Crippen molar-refractivity contribution in [1.82, 2.24) is 10.6 Å². The Bertz CT molecular complexity index is 889. The maximum absolute atomic E-state index is 12.7. The number of esters is 2. The van der Waals surface area contributed by atoms with Crippen LogP contribution in [0.3, 0.4) is 0 Å². The van der Waals surface area contributed by atoms with E-state index >= 15 is 0 Å². The monoisotopic (exact) mass is 488 g/mol. The van der Waals surface area contributed by atoms with Gasteiger partial charge in [-0.1, -0.05) is 55.0 Å². The number of piperidine rings is 1. The van der Waals surface area contributed by atoms with Crippen molar-refractivity contribution in [2.75, 3.05) is 13.2 Å². The van der Waals surface area contributed by atoms with Crippen LogP contribution < -0.4 is 10.6 Å². The third-order valence-corrected chi connectivity index (χ3v) is 5.58. The number of nitrogens with one attached hydrogen (secondary N) is 2. The molecule has 34 heavy (non-hydrogen) atoms. The zero-order valence-electron chi connectivity index (χ0n) is 19.2. The van der Waals surface area contributed by atoms with Crippen LogP contribution in [0.15, 0.2) is 60.7 Å². The molecule has 1 saturated heterocycles. The molecule has 2 N–H and O–H groups in total. The predicted molar refractivity (Wildman–Crippen MR) is 132 cm³/mol. The van der Waals surface area contributed by atoms with Crippen molar-refractivity contribution in [3.8, 4) is 0 Å². The van der Waals surface area contributed by atoms with Gasteiger partial charge in [-0.2, -0.15) is 0 Å². The van der Waals surface area contributed by atoms with Crippen LogP contribution in [0.4, 0.5) is 0 Å². The molecule has 1 amide bonds. The molecule has 0 spiro atoms. The lowest BCUT2D eigenvalue weighted by Gasteiger charge is -2.25. The van der Waals surface area contributed by atoms with E-state index in [4.69, 9.17) is 9.47 Å². The summed E-state index contributed by atoms with van der Waals surface area (Å²) in [6.07, 6.45) is 4.39. The predicted octanol–water partition coefficient (Wildman–Crippen LogP) is 3.81. The molecule has 1 aliphatic rings. The van der Waals surface area contributed by atoms with Gasteiger partial charge in [0, 0.05) is 0 Å². The Morgan fingerprint density at radius 3 is 2.32 bits per heavy atom. The summed E-state index contributed by atoms with van der Waals surface area (Å²) in [6, 6.07) is 17.2. The highest BCUT2D eigenvalue weighted by atomic mass is 35.5. The smallest absolute Gasteiger partial charge is 0.338 e. The fraction of sp³-hybridized carbons (Fsp3) is 0.423. The van der Waals surface area contributed by atoms with Gasteiger partial charge in [0.2, 0.25) is 5.91 Å². The van der Waals surface area contributed by atoms with Gasteiger partial charge in [0.25, 0.3) is 0 Å². The Morgan fingerprint density at radius 1 is 0.941 bits per heavy atom. The van der Waals surface area contributed by atoms with Gasteiger partial charge in [-0.15, -0.1) is 12.4 Å². The topological polar surface area (TPSA) is 93.7 Å². The number of ether oxygens (including phenoxy) is 2. The molecule has 1 aliphatic heterocycles. The van der Waals surface area contributed by atoms with Crippen LogP contribution in [0, 0.1) is 0 Å². The summed E-state index contributed by atoms with van der Waals surface area (Å²) < 4.78 is 10.8. The molecule has 0 aliphatic carbocycles. The number of halogens is 1. The molecule has 0 unspecified atom stereocenters. The lowest BCUT2D eigenvalue weighted by molar-refractivity contribution is -0.149. The van der Waals surface area contributed by atoms with Crippen molar-refractivity contribution in [1.29, 1.82) is 0 Å². The van der Waals surface area contributed by atoms with E-state index in [0.717, 1.165) is 31.4 Å². The maximum Gasteiger partial charge on any atom is 0.338 e. The third kappa shape index (κ3) is 9.15. The van der Waals surface area contributed by atoms with Gasteiger partial charge in [-0.25, -0.2) is 9.59 Å². The molecule has 2 aromatic carbocycles. The minimum Gasteiger partial charge on any atom is -0.462 e. The van der Waals surface area contributed by atoms with Gasteiger partial charge in [0.05, 0.1) is 18.2 Å². The quantitative estimate of drug-likeness (QED) is 0.369. The molecule has 0 bridgehead atoms. The average molecular weight is 489 g/mol. The van der Waals surface area contributed by atoms with E-state index < -0.39 is 12.0 Å². The van der Waals surface area contributed by atoms with Gasteiger partial charge in [0.15, 0.2) is 0 Å². The van der Waals surface area contributed by atoms with Crippen molar-refractivity contribution in [3.63, 3.8) is 0 Å². The van der Waals surface area contributed by atoms with Gasteiger partial charge in [-0.05, 0) is 56.3 Å². The zero-order valence-corrected chi connectivity index (χ0v) is 20.1. The molecular weight excluding hydrogens is 456 g/mol. The fourth-order valence-corrected chi connectivity index (χ4v) is 3.70. The van der Waals surface area contributed by atoms with Gasteiger partial charge in [-0.3, -0.25) is 4.79 Å². The van der Waals surface area contributed by atoms with Crippen molar-refractivity contribution in [3.05, 3.63) is 71.8 Å². The molecule has 1 fully saturated rings. The first kappa shape index (κ1) is 27.3. The fourth-order valence-electron chi connectivity index (χ4n) is 3.70. The van der Waals surface area contributed by atoms with E-state index in [2.05, 4.69) is 10.6 Å². The van der Waals surface area contributed by atoms with Crippen LogP contribution >= 0.6 is 12.4 Å². The second-order valence-electron chi connectivity index (χ2n) is 8.15.